The summed E-state index contributed by atoms with van der Waals surface area (Å²) in [6.07, 6.45) is 1.71. The highest BCUT2D eigenvalue weighted by molar-refractivity contribution is 5.99. The van der Waals surface area contributed by atoms with E-state index in [1.54, 1.807) is 30.5 Å². The van der Waals surface area contributed by atoms with Crippen molar-refractivity contribution in [1.82, 2.24) is 10.3 Å². The van der Waals surface area contributed by atoms with Gasteiger partial charge < -0.3 is 21.3 Å². The first-order chi connectivity index (χ1) is 12.9. The minimum absolute atomic E-state index is 0.00166. The van der Waals surface area contributed by atoms with Crippen molar-refractivity contribution < 1.29 is 15.0 Å². The fourth-order valence-electron chi connectivity index (χ4n) is 3.09. The van der Waals surface area contributed by atoms with Crippen molar-refractivity contribution in [1.29, 1.82) is 0 Å². The minimum Gasteiger partial charge on any atom is -0.507 e. The first kappa shape index (κ1) is 18.7. The van der Waals surface area contributed by atoms with Gasteiger partial charge in [-0.15, -0.1) is 0 Å². The lowest BCUT2D eigenvalue weighted by Crippen LogP contribution is -2.28. The maximum absolute atomic E-state index is 12.1. The smallest absolute Gasteiger partial charge is 0.251 e. The predicted molar refractivity (Wildman–Crippen MR) is 106 cm³/mol. The Morgan fingerprint density at radius 2 is 1.81 bits per heavy atom. The van der Waals surface area contributed by atoms with Gasteiger partial charge in [0.1, 0.15) is 11.5 Å². The first-order valence-corrected chi connectivity index (χ1v) is 8.85. The monoisotopic (exact) mass is 365 g/mol. The summed E-state index contributed by atoms with van der Waals surface area (Å²) in [7, 11) is 0. The number of nitrogens with one attached hydrogen (secondary N) is 1. The van der Waals surface area contributed by atoms with Gasteiger partial charge in [0, 0.05) is 41.4 Å². The summed E-state index contributed by atoms with van der Waals surface area (Å²) in [6, 6.07) is 10.4. The van der Waals surface area contributed by atoms with Gasteiger partial charge in [-0.1, -0.05) is 19.9 Å². The minimum atomic E-state index is -0.183. The van der Waals surface area contributed by atoms with E-state index in [4.69, 9.17) is 5.73 Å². The van der Waals surface area contributed by atoms with Gasteiger partial charge in [-0.2, -0.15) is 0 Å². The number of pyridine rings is 1. The molecule has 0 aliphatic heterocycles. The molecule has 0 bridgehead atoms. The Morgan fingerprint density at radius 3 is 2.44 bits per heavy atom. The summed E-state index contributed by atoms with van der Waals surface area (Å²) in [5.74, 6) is -0.107. The van der Waals surface area contributed by atoms with Crippen molar-refractivity contribution in [2.75, 3.05) is 13.1 Å². The van der Waals surface area contributed by atoms with Crippen LogP contribution in [0.5, 0.6) is 11.5 Å². The molecule has 6 heteroatoms. The Morgan fingerprint density at radius 1 is 1.11 bits per heavy atom. The van der Waals surface area contributed by atoms with E-state index in [9.17, 15) is 15.0 Å². The van der Waals surface area contributed by atoms with Crippen LogP contribution in [0.15, 0.2) is 42.6 Å². The molecule has 0 aliphatic carbocycles. The van der Waals surface area contributed by atoms with E-state index in [2.05, 4.69) is 10.3 Å². The number of rotatable bonds is 5. The second-order valence-corrected chi connectivity index (χ2v) is 6.76. The van der Waals surface area contributed by atoms with Crippen molar-refractivity contribution in [2.24, 2.45) is 5.73 Å². The Balaban J connectivity index is 2.02. The van der Waals surface area contributed by atoms with Crippen LogP contribution in [0.25, 0.3) is 22.0 Å². The molecule has 1 aromatic heterocycles. The van der Waals surface area contributed by atoms with Crippen LogP contribution >= 0.6 is 0 Å². The molecule has 0 radical (unpaired) electrons. The highest BCUT2D eigenvalue weighted by Gasteiger charge is 2.15. The number of aromatic nitrogens is 1. The van der Waals surface area contributed by atoms with E-state index in [1.807, 2.05) is 26.0 Å². The Labute approximate surface area is 157 Å². The average Bonchev–Trinajstić information content (AvgIpc) is 2.64. The Hall–Kier alpha value is -3.12. The van der Waals surface area contributed by atoms with Crippen molar-refractivity contribution in [3.8, 4) is 22.8 Å². The molecule has 0 spiro atoms. The summed E-state index contributed by atoms with van der Waals surface area (Å²) in [5, 5.41) is 25.0. The molecule has 3 rings (SSSR count). The predicted octanol–water partition coefficient (Wildman–Crippen LogP) is 3.12. The second-order valence-electron chi connectivity index (χ2n) is 6.76. The van der Waals surface area contributed by atoms with Crippen LogP contribution in [-0.2, 0) is 0 Å². The molecule has 0 saturated heterocycles. The molecule has 6 nitrogen and oxygen atoms in total. The fourth-order valence-corrected chi connectivity index (χ4v) is 3.09. The van der Waals surface area contributed by atoms with E-state index < -0.39 is 0 Å². The maximum atomic E-state index is 12.1. The average molecular weight is 365 g/mol. The summed E-state index contributed by atoms with van der Waals surface area (Å²) in [5.41, 5.74) is 7.67. The van der Waals surface area contributed by atoms with Gasteiger partial charge in [0.25, 0.3) is 5.91 Å². The van der Waals surface area contributed by atoms with E-state index >= 15 is 0 Å². The molecule has 0 fully saturated rings. The van der Waals surface area contributed by atoms with Crippen LogP contribution in [0.1, 0.15) is 35.7 Å². The number of hydrogen-bond donors (Lipinski definition) is 4. The van der Waals surface area contributed by atoms with Gasteiger partial charge in [-0.25, -0.2) is 0 Å². The summed E-state index contributed by atoms with van der Waals surface area (Å²) >= 11 is 0. The number of nitrogens with zero attached hydrogens (tertiary/aromatic N) is 1. The van der Waals surface area contributed by atoms with Gasteiger partial charge >= 0.3 is 0 Å². The van der Waals surface area contributed by atoms with E-state index in [-0.39, 0.29) is 23.3 Å². The van der Waals surface area contributed by atoms with Crippen LogP contribution < -0.4 is 11.1 Å². The lowest BCUT2D eigenvalue weighted by molar-refractivity contribution is 0.0955. The van der Waals surface area contributed by atoms with Crippen molar-refractivity contribution >= 4 is 16.7 Å². The molecule has 1 heterocycles. The van der Waals surface area contributed by atoms with Crippen molar-refractivity contribution in [2.45, 2.75) is 19.8 Å². The number of phenols is 2. The van der Waals surface area contributed by atoms with Gasteiger partial charge in [0.05, 0.1) is 5.69 Å². The van der Waals surface area contributed by atoms with E-state index in [1.165, 1.54) is 0 Å². The third kappa shape index (κ3) is 3.85. The molecule has 3 aromatic rings. The van der Waals surface area contributed by atoms with E-state index in [0.717, 1.165) is 10.8 Å². The lowest BCUT2D eigenvalue weighted by atomic mass is 9.97. The summed E-state index contributed by atoms with van der Waals surface area (Å²) in [4.78, 5) is 16.6. The number of fused-ring (bicyclic) bond motifs is 1. The molecule has 5 N–H and O–H groups in total. The zero-order valence-electron chi connectivity index (χ0n) is 15.4. The number of phenolic OH excluding ortho intramolecular Hbond substituents is 2. The molecule has 0 aliphatic rings. The largest absolute Gasteiger partial charge is 0.507 e. The van der Waals surface area contributed by atoms with Gasteiger partial charge in [0.2, 0.25) is 0 Å². The zero-order chi connectivity index (χ0) is 19.6. The highest BCUT2D eigenvalue weighted by atomic mass is 16.3. The molecule has 0 unspecified atom stereocenters. The molecule has 0 saturated carbocycles. The third-order valence-electron chi connectivity index (χ3n) is 4.42. The number of nitrogens with two attached hydrogens (primary N) is 1. The van der Waals surface area contributed by atoms with Crippen molar-refractivity contribution in [3.63, 3.8) is 0 Å². The Bertz CT molecular complexity index is 976. The summed E-state index contributed by atoms with van der Waals surface area (Å²) < 4.78 is 0. The maximum Gasteiger partial charge on any atom is 0.251 e. The highest BCUT2D eigenvalue weighted by Crippen LogP contribution is 2.38. The van der Waals surface area contributed by atoms with Crippen LogP contribution in [0.3, 0.4) is 0 Å². The lowest BCUT2D eigenvalue weighted by Gasteiger charge is -2.13. The van der Waals surface area contributed by atoms with Gasteiger partial charge in [-0.3, -0.25) is 9.78 Å². The fraction of sp³-hybridized carbons (Fsp3) is 0.238. The number of hydrogen-bond acceptors (Lipinski definition) is 5. The zero-order valence-corrected chi connectivity index (χ0v) is 15.4. The molecule has 140 valence electrons. The van der Waals surface area contributed by atoms with Crippen LogP contribution in [0, 0.1) is 0 Å². The van der Waals surface area contributed by atoms with Crippen molar-refractivity contribution in [3.05, 3.63) is 53.7 Å². The summed E-state index contributed by atoms with van der Waals surface area (Å²) in [6.45, 7) is 4.60. The van der Waals surface area contributed by atoms with Crippen LogP contribution in [0.4, 0.5) is 0 Å². The molecule has 1 amide bonds. The number of aromatic hydroxyl groups is 2. The standard InChI is InChI=1S/C21H23N3O3/c1-12(2)20-18(25)9-16(10-19(20)26)17-8-15-7-13(21(27)23-6-5-22)3-4-14(15)11-24-17/h3-4,7-12,25-26H,5-6,22H2,1-2H3,(H,23,27). The van der Waals surface area contributed by atoms with Gasteiger partial charge in [0.15, 0.2) is 0 Å². The topological polar surface area (TPSA) is 108 Å². The SMILES string of the molecule is CC(C)c1c(O)cc(-c2cc3cc(C(=O)NCCN)ccc3cn2)cc1O. The molecule has 0 atom stereocenters. The number of carbonyl (C=O) groups is 1. The van der Waals surface area contributed by atoms with Crippen LogP contribution in [-0.4, -0.2) is 34.2 Å². The molecular weight excluding hydrogens is 342 g/mol. The van der Waals surface area contributed by atoms with E-state index in [0.29, 0.717) is 35.5 Å². The van der Waals surface area contributed by atoms with Crippen LogP contribution in [0.2, 0.25) is 0 Å². The normalized spacial score (nSPS) is 11.1. The molecule has 2 aromatic carbocycles. The number of carbonyl (C=O) groups excluding carboxylic acids is 1. The third-order valence-corrected chi connectivity index (χ3v) is 4.42. The Kier molecular flexibility index (Phi) is 5.28. The number of benzene rings is 2. The molecular formula is C21H23N3O3. The quantitative estimate of drug-likeness (QED) is 0.555. The molecule has 27 heavy (non-hydrogen) atoms. The van der Waals surface area contributed by atoms with Gasteiger partial charge in [-0.05, 0) is 41.6 Å². The first-order valence-electron chi connectivity index (χ1n) is 8.85. The number of amides is 1. The second kappa shape index (κ2) is 7.63.